The summed E-state index contributed by atoms with van der Waals surface area (Å²) in [5.41, 5.74) is -0.300. The van der Waals surface area contributed by atoms with Crippen LogP contribution in [0.1, 0.15) is 25.8 Å². The molecule has 0 aromatic heterocycles. The van der Waals surface area contributed by atoms with Crippen molar-refractivity contribution in [2.45, 2.75) is 25.8 Å². The number of carbonyl (C=O) groups is 2. The average molecular weight is 347 g/mol. The van der Waals surface area contributed by atoms with Gasteiger partial charge >= 0.3 is 6.03 Å². The van der Waals surface area contributed by atoms with Crippen molar-refractivity contribution in [3.05, 3.63) is 29.8 Å². The summed E-state index contributed by atoms with van der Waals surface area (Å²) in [4.78, 5) is 28.6. The SMILES string of the molecule is CCCOc1ccc(C2(C)NC(=O)N(CN3CCOCC3)C2=O)cc1. The van der Waals surface area contributed by atoms with Gasteiger partial charge in [-0.05, 0) is 31.0 Å². The normalized spacial score (nSPS) is 24.5. The molecule has 25 heavy (non-hydrogen) atoms. The number of carbonyl (C=O) groups excluding carboxylic acids is 2. The van der Waals surface area contributed by atoms with Gasteiger partial charge in [0.15, 0.2) is 0 Å². The Morgan fingerprint density at radius 1 is 1.20 bits per heavy atom. The van der Waals surface area contributed by atoms with E-state index in [0.29, 0.717) is 26.5 Å². The van der Waals surface area contributed by atoms with E-state index in [1.165, 1.54) is 4.90 Å². The highest BCUT2D eigenvalue weighted by Crippen LogP contribution is 2.30. The number of amides is 3. The van der Waals surface area contributed by atoms with Crippen LogP contribution in [0.25, 0.3) is 0 Å². The van der Waals surface area contributed by atoms with Crippen molar-refractivity contribution in [1.82, 2.24) is 15.1 Å². The van der Waals surface area contributed by atoms with Gasteiger partial charge < -0.3 is 14.8 Å². The van der Waals surface area contributed by atoms with Gasteiger partial charge in [0.25, 0.3) is 5.91 Å². The van der Waals surface area contributed by atoms with Crippen molar-refractivity contribution in [1.29, 1.82) is 0 Å². The number of nitrogens with one attached hydrogen (secondary N) is 1. The molecule has 0 radical (unpaired) electrons. The Labute approximate surface area is 147 Å². The lowest BCUT2D eigenvalue weighted by Crippen LogP contribution is -2.47. The van der Waals surface area contributed by atoms with Gasteiger partial charge in [-0.2, -0.15) is 0 Å². The standard InChI is InChI=1S/C18H25N3O4/c1-3-10-25-15-6-4-14(5-7-15)18(2)16(22)21(17(23)19-18)13-20-8-11-24-12-9-20/h4-7H,3,8-13H2,1-2H3,(H,19,23). The summed E-state index contributed by atoms with van der Waals surface area (Å²) in [5, 5.41) is 2.84. The van der Waals surface area contributed by atoms with Gasteiger partial charge in [-0.15, -0.1) is 0 Å². The zero-order chi connectivity index (χ0) is 17.9. The van der Waals surface area contributed by atoms with Gasteiger partial charge in [-0.25, -0.2) is 9.69 Å². The van der Waals surface area contributed by atoms with Gasteiger partial charge in [-0.1, -0.05) is 19.1 Å². The molecular weight excluding hydrogens is 322 g/mol. The van der Waals surface area contributed by atoms with E-state index in [4.69, 9.17) is 9.47 Å². The first-order valence-corrected chi connectivity index (χ1v) is 8.72. The Morgan fingerprint density at radius 2 is 1.88 bits per heavy atom. The van der Waals surface area contributed by atoms with Crippen LogP contribution in [0.15, 0.2) is 24.3 Å². The lowest BCUT2D eigenvalue weighted by Gasteiger charge is -2.30. The molecule has 0 aliphatic carbocycles. The Bertz CT molecular complexity index is 628. The minimum absolute atomic E-state index is 0.230. The molecule has 1 aromatic carbocycles. The largest absolute Gasteiger partial charge is 0.494 e. The van der Waals surface area contributed by atoms with Gasteiger partial charge in [0, 0.05) is 13.1 Å². The van der Waals surface area contributed by atoms with E-state index in [1.807, 2.05) is 31.2 Å². The third kappa shape index (κ3) is 3.62. The number of urea groups is 1. The Balaban J connectivity index is 1.72. The molecule has 2 aliphatic rings. The zero-order valence-corrected chi connectivity index (χ0v) is 14.8. The topological polar surface area (TPSA) is 71.1 Å². The molecule has 1 N–H and O–H groups in total. The second-order valence-electron chi connectivity index (χ2n) is 6.53. The first-order chi connectivity index (χ1) is 12.0. The minimum atomic E-state index is -1.05. The van der Waals surface area contributed by atoms with Crippen molar-refractivity contribution in [3.8, 4) is 5.75 Å². The first-order valence-electron chi connectivity index (χ1n) is 8.72. The Kier molecular flexibility index (Phi) is 5.24. The highest BCUT2D eigenvalue weighted by Gasteiger charge is 2.49. The summed E-state index contributed by atoms with van der Waals surface area (Å²) in [6, 6.07) is 6.98. The van der Waals surface area contributed by atoms with Gasteiger partial charge in [0.2, 0.25) is 0 Å². The van der Waals surface area contributed by atoms with E-state index in [-0.39, 0.29) is 11.9 Å². The second kappa shape index (κ2) is 7.41. The monoisotopic (exact) mass is 347 g/mol. The zero-order valence-electron chi connectivity index (χ0n) is 14.8. The molecule has 2 saturated heterocycles. The lowest BCUT2D eigenvalue weighted by molar-refractivity contribution is -0.133. The van der Waals surface area contributed by atoms with Crippen molar-refractivity contribution in [2.24, 2.45) is 0 Å². The summed E-state index contributed by atoms with van der Waals surface area (Å²) in [6.45, 7) is 7.43. The van der Waals surface area contributed by atoms with Gasteiger partial charge in [-0.3, -0.25) is 9.69 Å². The maximum Gasteiger partial charge on any atom is 0.326 e. The molecule has 1 atom stereocenters. The van der Waals surface area contributed by atoms with Crippen LogP contribution in [0.4, 0.5) is 4.79 Å². The minimum Gasteiger partial charge on any atom is -0.494 e. The number of hydrogen-bond acceptors (Lipinski definition) is 5. The number of morpholine rings is 1. The average Bonchev–Trinajstić information content (AvgIpc) is 2.85. The molecule has 7 heteroatoms. The third-order valence-corrected chi connectivity index (χ3v) is 4.62. The molecule has 1 unspecified atom stereocenters. The molecular formula is C18H25N3O4. The van der Waals surface area contributed by atoms with Gasteiger partial charge in [0.1, 0.15) is 11.3 Å². The van der Waals surface area contributed by atoms with Crippen LogP contribution in [0.5, 0.6) is 5.75 Å². The van der Waals surface area contributed by atoms with Crippen LogP contribution < -0.4 is 10.1 Å². The van der Waals surface area contributed by atoms with Crippen LogP contribution in [0, 0.1) is 0 Å². The van der Waals surface area contributed by atoms with Crippen LogP contribution in [-0.2, 0) is 15.1 Å². The predicted octanol–water partition coefficient (Wildman–Crippen LogP) is 1.53. The van der Waals surface area contributed by atoms with Crippen molar-refractivity contribution in [3.63, 3.8) is 0 Å². The number of nitrogens with zero attached hydrogens (tertiary/aromatic N) is 2. The van der Waals surface area contributed by atoms with E-state index in [0.717, 1.165) is 30.8 Å². The molecule has 3 rings (SSSR count). The molecule has 1 aromatic rings. The summed E-state index contributed by atoms with van der Waals surface area (Å²) < 4.78 is 10.9. The van der Waals surface area contributed by atoms with Crippen molar-refractivity contribution < 1.29 is 19.1 Å². The quantitative estimate of drug-likeness (QED) is 0.790. The van der Waals surface area contributed by atoms with Crippen LogP contribution in [0.2, 0.25) is 0 Å². The maximum absolute atomic E-state index is 12.9. The fourth-order valence-corrected chi connectivity index (χ4v) is 3.07. The fraction of sp³-hybridized carbons (Fsp3) is 0.556. The maximum atomic E-state index is 12.9. The molecule has 136 valence electrons. The summed E-state index contributed by atoms with van der Waals surface area (Å²) in [7, 11) is 0. The first kappa shape index (κ1) is 17.7. The van der Waals surface area contributed by atoms with Gasteiger partial charge in [0.05, 0.1) is 26.5 Å². The molecule has 2 fully saturated rings. The van der Waals surface area contributed by atoms with E-state index >= 15 is 0 Å². The van der Waals surface area contributed by atoms with E-state index in [2.05, 4.69) is 10.2 Å². The lowest BCUT2D eigenvalue weighted by atomic mass is 9.92. The van der Waals surface area contributed by atoms with Crippen LogP contribution in [0.3, 0.4) is 0 Å². The van der Waals surface area contributed by atoms with Crippen LogP contribution >= 0.6 is 0 Å². The third-order valence-electron chi connectivity index (χ3n) is 4.62. The summed E-state index contributed by atoms with van der Waals surface area (Å²) in [6.07, 6.45) is 0.935. The molecule has 0 bridgehead atoms. The van der Waals surface area contributed by atoms with E-state index < -0.39 is 5.54 Å². The molecule has 2 heterocycles. The smallest absolute Gasteiger partial charge is 0.326 e. The number of rotatable bonds is 6. The number of hydrogen-bond donors (Lipinski definition) is 1. The highest BCUT2D eigenvalue weighted by molar-refractivity contribution is 6.07. The molecule has 3 amide bonds. The second-order valence-corrected chi connectivity index (χ2v) is 6.53. The van der Waals surface area contributed by atoms with E-state index in [1.54, 1.807) is 6.92 Å². The fourth-order valence-electron chi connectivity index (χ4n) is 3.07. The molecule has 0 spiro atoms. The van der Waals surface area contributed by atoms with Crippen molar-refractivity contribution >= 4 is 11.9 Å². The van der Waals surface area contributed by atoms with E-state index in [9.17, 15) is 9.59 Å². The summed E-state index contributed by atoms with van der Waals surface area (Å²) in [5.74, 6) is 0.530. The Morgan fingerprint density at radius 3 is 2.52 bits per heavy atom. The van der Waals surface area contributed by atoms with Crippen molar-refractivity contribution in [2.75, 3.05) is 39.6 Å². The Hall–Kier alpha value is -2.12. The predicted molar refractivity (Wildman–Crippen MR) is 92.2 cm³/mol. The molecule has 7 nitrogen and oxygen atoms in total. The summed E-state index contributed by atoms with van der Waals surface area (Å²) >= 11 is 0. The highest BCUT2D eigenvalue weighted by atomic mass is 16.5. The molecule has 2 aliphatic heterocycles. The number of imide groups is 1. The number of ether oxygens (including phenoxy) is 2. The number of benzene rings is 1. The molecule has 0 saturated carbocycles. The van der Waals surface area contributed by atoms with Crippen LogP contribution in [-0.4, -0.2) is 61.3 Å².